The molecule has 0 fully saturated rings. The van der Waals surface area contributed by atoms with E-state index >= 15 is 0 Å². The van der Waals surface area contributed by atoms with Gasteiger partial charge in [-0.25, -0.2) is 14.4 Å². The average molecular weight is 457 g/mol. The molecule has 0 radical (unpaired) electrons. The number of ether oxygens (including phenoxy) is 1. The number of hydrogen-bond acceptors (Lipinski definition) is 5. The number of nitrogens with zero attached hydrogens (tertiary/aromatic N) is 3. The first-order valence-electron chi connectivity index (χ1n) is 11.1. The molecule has 6 nitrogen and oxygen atoms in total. The summed E-state index contributed by atoms with van der Waals surface area (Å²) in [4.78, 5) is 9.14. The molecule has 0 unspecified atom stereocenters. The lowest BCUT2D eigenvalue weighted by atomic mass is 10.1. The highest BCUT2D eigenvalue weighted by Crippen LogP contribution is 2.36. The maximum absolute atomic E-state index is 13.5. The van der Waals surface area contributed by atoms with E-state index in [1.807, 2.05) is 37.3 Å². The molecule has 172 valence electrons. The summed E-state index contributed by atoms with van der Waals surface area (Å²) in [5, 5.41) is 3.48. The van der Waals surface area contributed by atoms with Crippen LogP contribution >= 0.6 is 0 Å². The van der Waals surface area contributed by atoms with Gasteiger partial charge in [0.2, 0.25) is 0 Å². The SMILES string of the molecule is COc1cc(Nc2cccc3c2nc(-c2ccc(F)cc2)n3C(C)C)ccc1-c1cnc(C)o1. The normalized spacial score (nSPS) is 11.4. The van der Waals surface area contributed by atoms with E-state index in [1.54, 1.807) is 25.4 Å². The van der Waals surface area contributed by atoms with Crippen molar-refractivity contribution in [3.8, 4) is 28.5 Å². The number of imidazole rings is 1. The van der Waals surface area contributed by atoms with Gasteiger partial charge in [-0.15, -0.1) is 0 Å². The second kappa shape index (κ2) is 8.67. The molecule has 0 amide bonds. The van der Waals surface area contributed by atoms with Crippen molar-refractivity contribution in [2.45, 2.75) is 26.8 Å². The fourth-order valence-corrected chi connectivity index (χ4v) is 4.16. The third-order valence-electron chi connectivity index (χ3n) is 5.71. The number of aryl methyl sites for hydroxylation is 1. The summed E-state index contributed by atoms with van der Waals surface area (Å²) < 4.78 is 27.0. The maximum atomic E-state index is 13.5. The summed E-state index contributed by atoms with van der Waals surface area (Å²) in [5.41, 5.74) is 5.25. The van der Waals surface area contributed by atoms with Crippen molar-refractivity contribution in [3.05, 3.63) is 78.6 Å². The van der Waals surface area contributed by atoms with E-state index in [2.05, 4.69) is 34.8 Å². The van der Waals surface area contributed by atoms with Crippen LogP contribution < -0.4 is 10.1 Å². The average Bonchev–Trinajstić information content (AvgIpc) is 3.44. The minimum absolute atomic E-state index is 0.171. The van der Waals surface area contributed by atoms with Crippen LogP contribution in [0.2, 0.25) is 0 Å². The molecule has 0 aliphatic rings. The summed E-state index contributed by atoms with van der Waals surface area (Å²) in [6.07, 6.45) is 1.69. The molecule has 1 N–H and O–H groups in total. The Hall–Kier alpha value is -4.13. The highest BCUT2D eigenvalue weighted by Gasteiger charge is 2.18. The van der Waals surface area contributed by atoms with Crippen molar-refractivity contribution < 1.29 is 13.5 Å². The molecule has 2 aromatic heterocycles. The highest BCUT2D eigenvalue weighted by molar-refractivity contribution is 5.93. The zero-order chi connectivity index (χ0) is 23.8. The number of aromatic nitrogens is 3. The lowest BCUT2D eigenvalue weighted by molar-refractivity contribution is 0.414. The Balaban J connectivity index is 1.57. The second-order valence-corrected chi connectivity index (χ2v) is 8.36. The van der Waals surface area contributed by atoms with Gasteiger partial charge < -0.3 is 19.0 Å². The van der Waals surface area contributed by atoms with E-state index in [-0.39, 0.29) is 11.9 Å². The number of halogens is 1. The Bertz CT molecular complexity index is 1470. The second-order valence-electron chi connectivity index (χ2n) is 8.36. The van der Waals surface area contributed by atoms with E-state index in [0.717, 1.165) is 39.4 Å². The number of fused-ring (bicyclic) bond motifs is 1. The van der Waals surface area contributed by atoms with E-state index in [4.69, 9.17) is 14.1 Å². The van der Waals surface area contributed by atoms with Crippen LogP contribution in [0, 0.1) is 12.7 Å². The van der Waals surface area contributed by atoms with Crippen LogP contribution in [0.15, 0.2) is 71.3 Å². The van der Waals surface area contributed by atoms with Crippen LogP contribution in [0.25, 0.3) is 33.7 Å². The van der Waals surface area contributed by atoms with E-state index in [9.17, 15) is 4.39 Å². The third kappa shape index (κ3) is 3.90. The first-order valence-corrected chi connectivity index (χ1v) is 11.1. The number of oxazole rings is 1. The van der Waals surface area contributed by atoms with Gasteiger partial charge in [-0.1, -0.05) is 6.07 Å². The van der Waals surface area contributed by atoms with E-state index in [0.29, 0.717) is 17.4 Å². The Labute approximate surface area is 197 Å². The Kier molecular flexibility index (Phi) is 5.53. The molecule has 0 atom stereocenters. The molecule has 0 spiro atoms. The molecule has 0 aliphatic carbocycles. The summed E-state index contributed by atoms with van der Waals surface area (Å²) >= 11 is 0. The number of rotatable bonds is 6. The summed E-state index contributed by atoms with van der Waals surface area (Å²) in [6, 6.07) is 18.5. The van der Waals surface area contributed by atoms with Crippen LogP contribution in [0.4, 0.5) is 15.8 Å². The van der Waals surface area contributed by atoms with Gasteiger partial charge in [-0.05, 0) is 62.4 Å². The lowest BCUT2D eigenvalue weighted by Gasteiger charge is -2.14. The molecular formula is C27H25FN4O2. The zero-order valence-electron chi connectivity index (χ0n) is 19.5. The van der Waals surface area contributed by atoms with E-state index in [1.165, 1.54) is 12.1 Å². The number of nitrogens with one attached hydrogen (secondary N) is 1. The van der Waals surface area contributed by atoms with Gasteiger partial charge in [0.15, 0.2) is 11.7 Å². The maximum Gasteiger partial charge on any atom is 0.191 e. The van der Waals surface area contributed by atoms with Gasteiger partial charge in [0.25, 0.3) is 0 Å². The summed E-state index contributed by atoms with van der Waals surface area (Å²) in [6.45, 7) is 6.04. The minimum atomic E-state index is -0.267. The van der Waals surface area contributed by atoms with Gasteiger partial charge in [0.1, 0.15) is 22.9 Å². The topological polar surface area (TPSA) is 65.1 Å². The molecule has 0 aliphatic heterocycles. The predicted molar refractivity (Wildman–Crippen MR) is 132 cm³/mol. The minimum Gasteiger partial charge on any atom is -0.496 e. The third-order valence-corrected chi connectivity index (χ3v) is 5.71. The van der Waals surface area contributed by atoms with Gasteiger partial charge in [-0.3, -0.25) is 0 Å². The number of benzene rings is 3. The Morgan fingerprint density at radius 1 is 1.06 bits per heavy atom. The van der Waals surface area contributed by atoms with Crippen LogP contribution in [-0.4, -0.2) is 21.6 Å². The van der Waals surface area contributed by atoms with Crippen molar-refractivity contribution >= 4 is 22.4 Å². The predicted octanol–water partition coefficient (Wildman–Crippen LogP) is 7.14. The summed E-state index contributed by atoms with van der Waals surface area (Å²) in [7, 11) is 1.63. The fourth-order valence-electron chi connectivity index (χ4n) is 4.16. The monoisotopic (exact) mass is 456 g/mol. The first-order chi connectivity index (χ1) is 16.4. The molecule has 5 rings (SSSR count). The van der Waals surface area contributed by atoms with Crippen LogP contribution in [0.3, 0.4) is 0 Å². The fraction of sp³-hybridized carbons (Fsp3) is 0.185. The molecule has 34 heavy (non-hydrogen) atoms. The molecule has 0 saturated heterocycles. The highest BCUT2D eigenvalue weighted by atomic mass is 19.1. The number of anilines is 2. The zero-order valence-corrected chi connectivity index (χ0v) is 19.5. The molecule has 0 bridgehead atoms. The van der Waals surface area contributed by atoms with Crippen molar-refractivity contribution in [1.82, 2.24) is 14.5 Å². The quantitative estimate of drug-likeness (QED) is 0.294. The standard InChI is InChI=1S/C27H25FN4O2/c1-16(2)32-23-7-5-6-22(26(23)31-27(32)18-8-10-19(28)11-9-18)30-20-12-13-21(24(14-20)33-4)25-15-29-17(3)34-25/h5-16,30H,1-4H3. The largest absolute Gasteiger partial charge is 0.496 e. The molecular weight excluding hydrogens is 431 g/mol. The van der Waals surface area contributed by atoms with Crippen molar-refractivity contribution in [1.29, 1.82) is 0 Å². The van der Waals surface area contributed by atoms with Gasteiger partial charge in [-0.2, -0.15) is 0 Å². The molecule has 7 heteroatoms. The van der Waals surface area contributed by atoms with Crippen molar-refractivity contribution in [2.75, 3.05) is 12.4 Å². The van der Waals surface area contributed by atoms with Crippen molar-refractivity contribution in [3.63, 3.8) is 0 Å². The van der Waals surface area contributed by atoms with Gasteiger partial charge in [0, 0.05) is 30.3 Å². The Morgan fingerprint density at radius 3 is 2.53 bits per heavy atom. The molecule has 5 aromatic rings. The van der Waals surface area contributed by atoms with Crippen LogP contribution in [0.1, 0.15) is 25.8 Å². The Morgan fingerprint density at radius 2 is 1.85 bits per heavy atom. The van der Waals surface area contributed by atoms with Gasteiger partial charge >= 0.3 is 0 Å². The smallest absolute Gasteiger partial charge is 0.191 e. The number of methoxy groups -OCH3 is 1. The van der Waals surface area contributed by atoms with Gasteiger partial charge in [0.05, 0.1) is 30.1 Å². The first kappa shape index (κ1) is 21.7. The van der Waals surface area contributed by atoms with E-state index < -0.39 is 0 Å². The molecule has 2 heterocycles. The summed E-state index contributed by atoms with van der Waals surface area (Å²) in [5.74, 6) is 2.46. The van der Waals surface area contributed by atoms with Crippen molar-refractivity contribution in [2.24, 2.45) is 0 Å². The molecule has 3 aromatic carbocycles. The number of para-hydroxylation sites is 1. The molecule has 0 saturated carbocycles. The lowest BCUT2D eigenvalue weighted by Crippen LogP contribution is -2.03. The van der Waals surface area contributed by atoms with Crippen LogP contribution in [0.5, 0.6) is 5.75 Å². The van der Waals surface area contributed by atoms with Crippen LogP contribution in [-0.2, 0) is 0 Å². The number of hydrogen-bond donors (Lipinski definition) is 1.